The summed E-state index contributed by atoms with van der Waals surface area (Å²) < 4.78 is 17.5. The lowest BCUT2D eigenvalue weighted by molar-refractivity contribution is 0.174. The van der Waals surface area contributed by atoms with Crippen molar-refractivity contribution in [2.75, 3.05) is 20.8 Å². The molecule has 0 bridgehead atoms. The highest BCUT2D eigenvalue weighted by atomic mass is 16.5. The number of aliphatic hydroxyl groups is 1. The Kier molecular flexibility index (Phi) is 8.61. The fraction of sp³-hybridized carbons (Fsp3) is 0.226. The molecule has 0 aliphatic heterocycles. The number of nitrogens with one attached hydrogen (secondary N) is 1. The second-order valence-corrected chi connectivity index (χ2v) is 8.61. The SMILES string of the molecule is COc1cc(OCc2cccc(-c3ccccc3)c2C)cc(OC)c1CNCC(O)c1ccccc1. The standard InChI is InChI=1S/C31H33NO4/c1-22-25(15-10-16-27(22)23-11-6-4-7-12-23)21-36-26-17-30(34-2)28(31(18-26)35-3)19-32-20-29(33)24-13-8-5-9-14-24/h4-18,29,32-33H,19-21H2,1-3H3. The third-order valence-corrected chi connectivity index (χ3v) is 6.33. The first-order chi connectivity index (χ1) is 17.6. The lowest BCUT2D eigenvalue weighted by Crippen LogP contribution is -2.21. The second kappa shape index (κ2) is 12.2. The molecule has 5 nitrogen and oxygen atoms in total. The highest BCUT2D eigenvalue weighted by Crippen LogP contribution is 2.35. The van der Waals surface area contributed by atoms with E-state index in [-0.39, 0.29) is 0 Å². The molecule has 0 heterocycles. The van der Waals surface area contributed by atoms with Crippen molar-refractivity contribution in [1.82, 2.24) is 5.32 Å². The molecule has 36 heavy (non-hydrogen) atoms. The Balaban J connectivity index is 1.46. The predicted octanol–water partition coefficient (Wildman–Crippen LogP) is 6.08. The van der Waals surface area contributed by atoms with Gasteiger partial charge in [0.15, 0.2) is 0 Å². The first kappa shape index (κ1) is 25.3. The molecule has 0 aliphatic carbocycles. The number of hydrogen-bond donors (Lipinski definition) is 2. The third kappa shape index (κ3) is 6.06. The minimum atomic E-state index is -0.597. The average molecular weight is 484 g/mol. The zero-order chi connectivity index (χ0) is 25.3. The van der Waals surface area contributed by atoms with Crippen molar-refractivity contribution in [1.29, 1.82) is 0 Å². The van der Waals surface area contributed by atoms with Crippen molar-refractivity contribution < 1.29 is 19.3 Å². The van der Waals surface area contributed by atoms with E-state index >= 15 is 0 Å². The van der Waals surface area contributed by atoms with Crippen LogP contribution >= 0.6 is 0 Å². The van der Waals surface area contributed by atoms with E-state index < -0.39 is 6.10 Å². The van der Waals surface area contributed by atoms with E-state index in [9.17, 15) is 5.11 Å². The van der Waals surface area contributed by atoms with Crippen molar-refractivity contribution in [3.05, 3.63) is 113 Å². The lowest BCUT2D eigenvalue weighted by atomic mass is 9.97. The van der Waals surface area contributed by atoms with Gasteiger partial charge < -0.3 is 24.6 Å². The summed E-state index contributed by atoms with van der Waals surface area (Å²) >= 11 is 0. The van der Waals surface area contributed by atoms with Gasteiger partial charge >= 0.3 is 0 Å². The maximum absolute atomic E-state index is 10.4. The van der Waals surface area contributed by atoms with Gasteiger partial charge in [-0.15, -0.1) is 0 Å². The van der Waals surface area contributed by atoms with Gasteiger partial charge in [0.1, 0.15) is 23.9 Å². The molecule has 0 aromatic heterocycles. The molecule has 0 saturated carbocycles. The first-order valence-electron chi connectivity index (χ1n) is 12.1. The molecule has 4 aromatic rings. The Morgan fingerprint density at radius 2 is 1.44 bits per heavy atom. The van der Waals surface area contributed by atoms with Crippen LogP contribution < -0.4 is 19.5 Å². The highest BCUT2D eigenvalue weighted by Gasteiger charge is 2.15. The summed E-state index contributed by atoms with van der Waals surface area (Å²) in [4.78, 5) is 0. The van der Waals surface area contributed by atoms with E-state index in [0.717, 1.165) is 16.7 Å². The fourth-order valence-corrected chi connectivity index (χ4v) is 4.28. The molecule has 1 atom stereocenters. The van der Waals surface area contributed by atoms with Gasteiger partial charge in [-0.25, -0.2) is 0 Å². The summed E-state index contributed by atoms with van der Waals surface area (Å²) in [6.07, 6.45) is -0.597. The van der Waals surface area contributed by atoms with Gasteiger partial charge in [-0.05, 0) is 34.7 Å². The Labute approximate surface area is 213 Å². The van der Waals surface area contributed by atoms with Crippen molar-refractivity contribution >= 4 is 0 Å². The number of hydrogen-bond acceptors (Lipinski definition) is 5. The van der Waals surface area contributed by atoms with Crippen LogP contribution in [0.15, 0.2) is 91.0 Å². The van der Waals surface area contributed by atoms with Crippen molar-refractivity contribution in [2.24, 2.45) is 0 Å². The molecular formula is C31H33NO4. The van der Waals surface area contributed by atoms with Crippen LogP contribution in [-0.4, -0.2) is 25.9 Å². The Bertz CT molecular complexity index is 1230. The summed E-state index contributed by atoms with van der Waals surface area (Å²) in [5, 5.41) is 13.7. The minimum absolute atomic E-state index is 0.408. The molecule has 4 aromatic carbocycles. The molecule has 2 N–H and O–H groups in total. The lowest BCUT2D eigenvalue weighted by Gasteiger charge is -2.18. The zero-order valence-electron chi connectivity index (χ0n) is 21.0. The summed E-state index contributed by atoms with van der Waals surface area (Å²) in [6, 6.07) is 30.0. The van der Waals surface area contributed by atoms with Gasteiger partial charge in [0.2, 0.25) is 0 Å². The van der Waals surface area contributed by atoms with Gasteiger partial charge in [-0.1, -0.05) is 78.9 Å². The molecule has 0 amide bonds. The smallest absolute Gasteiger partial charge is 0.130 e. The summed E-state index contributed by atoms with van der Waals surface area (Å²) in [5.41, 5.74) is 6.45. The van der Waals surface area contributed by atoms with E-state index in [0.29, 0.717) is 36.9 Å². The second-order valence-electron chi connectivity index (χ2n) is 8.61. The number of methoxy groups -OCH3 is 2. The molecular weight excluding hydrogens is 450 g/mol. The Hall–Kier alpha value is -3.80. The highest BCUT2D eigenvalue weighted by molar-refractivity contribution is 5.68. The molecule has 186 valence electrons. The van der Waals surface area contributed by atoms with E-state index in [4.69, 9.17) is 14.2 Å². The van der Waals surface area contributed by atoms with Crippen LogP contribution in [0.2, 0.25) is 0 Å². The maximum atomic E-state index is 10.4. The van der Waals surface area contributed by atoms with Crippen LogP contribution in [0.1, 0.15) is 28.4 Å². The van der Waals surface area contributed by atoms with E-state index in [1.807, 2.05) is 48.5 Å². The van der Waals surface area contributed by atoms with Crippen LogP contribution in [0.5, 0.6) is 17.2 Å². The number of ether oxygens (including phenoxy) is 3. The molecule has 0 saturated heterocycles. The van der Waals surface area contributed by atoms with Crippen LogP contribution in [0.3, 0.4) is 0 Å². The quantitative estimate of drug-likeness (QED) is 0.271. The molecule has 0 radical (unpaired) electrons. The molecule has 0 aliphatic rings. The van der Waals surface area contributed by atoms with Crippen LogP contribution in [0.4, 0.5) is 0 Å². The number of benzene rings is 4. The van der Waals surface area contributed by atoms with Crippen molar-refractivity contribution in [2.45, 2.75) is 26.2 Å². The molecule has 0 fully saturated rings. The molecule has 0 spiro atoms. The summed E-state index contributed by atoms with van der Waals surface area (Å²) in [5.74, 6) is 2.00. The zero-order valence-corrected chi connectivity index (χ0v) is 21.0. The van der Waals surface area contributed by atoms with E-state index in [1.54, 1.807) is 14.2 Å². The van der Waals surface area contributed by atoms with Gasteiger partial charge in [-0.3, -0.25) is 0 Å². The first-order valence-corrected chi connectivity index (χ1v) is 12.1. The van der Waals surface area contributed by atoms with E-state index in [2.05, 4.69) is 54.7 Å². The molecule has 5 heteroatoms. The topological polar surface area (TPSA) is 60.0 Å². The normalized spacial score (nSPS) is 11.7. The van der Waals surface area contributed by atoms with Gasteiger partial charge in [0.25, 0.3) is 0 Å². The maximum Gasteiger partial charge on any atom is 0.130 e. The Morgan fingerprint density at radius 1 is 0.806 bits per heavy atom. The molecule has 1 unspecified atom stereocenters. The average Bonchev–Trinajstić information content (AvgIpc) is 2.93. The van der Waals surface area contributed by atoms with Gasteiger partial charge in [0, 0.05) is 25.2 Å². The monoisotopic (exact) mass is 483 g/mol. The number of rotatable bonds is 11. The van der Waals surface area contributed by atoms with Crippen molar-refractivity contribution in [3.8, 4) is 28.4 Å². The van der Waals surface area contributed by atoms with Gasteiger partial charge in [-0.2, -0.15) is 0 Å². The van der Waals surface area contributed by atoms with Crippen LogP contribution in [0, 0.1) is 6.92 Å². The van der Waals surface area contributed by atoms with Gasteiger partial charge in [0.05, 0.1) is 25.9 Å². The van der Waals surface area contributed by atoms with E-state index in [1.165, 1.54) is 16.7 Å². The van der Waals surface area contributed by atoms with Crippen LogP contribution in [-0.2, 0) is 13.2 Å². The third-order valence-electron chi connectivity index (χ3n) is 6.33. The molecule has 4 rings (SSSR count). The number of aliphatic hydroxyl groups excluding tert-OH is 1. The summed E-state index contributed by atoms with van der Waals surface area (Å²) in [7, 11) is 3.27. The summed E-state index contributed by atoms with van der Waals surface area (Å²) in [6.45, 7) is 3.45. The predicted molar refractivity (Wildman–Crippen MR) is 144 cm³/mol. The Morgan fingerprint density at radius 3 is 2.08 bits per heavy atom. The van der Waals surface area contributed by atoms with Crippen LogP contribution in [0.25, 0.3) is 11.1 Å². The van der Waals surface area contributed by atoms with Crippen molar-refractivity contribution in [3.63, 3.8) is 0 Å². The fourth-order valence-electron chi connectivity index (χ4n) is 4.28. The minimum Gasteiger partial charge on any atom is -0.496 e. The largest absolute Gasteiger partial charge is 0.496 e.